The van der Waals surface area contributed by atoms with Crippen LogP contribution in [0.3, 0.4) is 0 Å². The fraction of sp³-hybridized carbons (Fsp3) is 0.529. The molecule has 1 aromatic rings. The van der Waals surface area contributed by atoms with E-state index in [2.05, 4.69) is 5.32 Å². The molecular formula is C17H26N2O3. The predicted molar refractivity (Wildman–Crippen MR) is 84.4 cm³/mol. The van der Waals surface area contributed by atoms with Gasteiger partial charge in [-0.1, -0.05) is 31.0 Å². The third-order valence-electron chi connectivity index (χ3n) is 3.66. The van der Waals surface area contributed by atoms with Gasteiger partial charge in [0.15, 0.2) is 0 Å². The molecule has 0 radical (unpaired) electrons. The van der Waals surface area contributed by atoms with Gasteiger partial charge in [-0.2, -0.15) is 0 Å². The van der Waals surface area contributed by atoms with Gasteiger partial charge in [-0.3, -0.25) is 4.79 Å². The second-order valence-electron chi connectivity index (χ2n) is 5.83. The van der Waals surface area contributed by atoms with E-state index in [1.54, 1.807) is 5.32 Å². The first-order valence-electron chi connectivity index (χ1n) is 7.77. The van der Waals surface area contributed by atoms with Crippen LogP contribution in [0.25, 0.3) is 0 Å². The van der Waals surface area contributed by atoms with E-state index in [0.29, 0.717) is 6.54 Å². The first-order valence-corrected chi connectivity index (χ1v) is 7.77. The summed E-state index contributed by atoms with van der Waals surface area (Å²) in [5.74, 6) is -1.49. The van der Waals surface area contributed by atoms with Crippen molar-refractivity contribution in [3.8, 4) is 0 Å². The van der Waals surface area contributed by atoms with Gasteiger partial charge in [-0.15, -0.1) is 0 Å². The second kappa shape index (κ2) is 8.54. The summed E-state index contributed by atoms with van der Waals surface area (Å²) < 4.78 is 0. The summed E-state index contributed by atoms with van der Waals surface area (Å²) >= 11 is 0. The number of aryl methyl sites for hydroxylation is 3. The molecule has 0 fully saturated rings. The number of benzene rings is 1. The Balaban J connectivity index is 2.70. The van der Waals surface area contributed by atoms with Crippen molar-refractivity contribution in [2.24, 2.45) is 0 Å². The SMILES string of the molecule is CCCC[NH2+][C@@H](CC(=O)Nc1c(C)cc(C)cc1C)C(=O)[O-]. The van der Waals surface area contributed by atoms with Gasteiger partial charge < -0.3 is 20.5 Å². The summed E-state index contributed by atoms with van der Waals surface area (Å²) in [5, 5.41) is 15.6. The third-order valence-corrected chi connectivity index (χ3v) is 3.66. The Bertz CT molecular complexity index is 518. The van der Waals surface area contributed by atoms with Gasteiger partial charge in [0.1, 0.15) is 6.04 Å². The zero-order chi connectivity index (χ0) is 16.7. The van der Waals surface area contributed by atoms with Crippen LogP contribution in [0.5, 0.6) is 0 Å². The van der Waals surface area contributed by atoms with Gasteiger partial charge in [0.2, 0.25) is 5.91 Å². The van der Waals surface area contributed by atoms with Gasteiger partial charge in [0.05, 0.1) is 18.9 Å². The molecule has 0 saturated carbocycles. The highest BCUT2D eigenvalue weighted by atomic mass is 16.4. The summed E-state index contributed by atoms with van der Waals surface area (Å²) in [7, 11) is 0. The number of hydrogen-bond donors (Lipinski definition) is 2. The molecule has 0 heterocycles. The monoisotopic (exact) mass is 306 g/mol. The van der Waals surface area contributed by atoms with Crippen LogP contribution in [0.2, 0.25) is 0 Å². The molecule has 0 bridgehead atoms. The number of nitrogens with one attached hydrogen (secondary N) is 1. The summed E-state index contributed by atoms with van der Waals surface area (Å²) in [4.78, 5) is 23.3. The lowest BCUT2D eigenvalue weighted by molar-refractivity contribution is -0.682. The van der Waals surface area contributed by atoms with E-state index < -0.39 is 12.0 Å². The van der Waals surface area contributed by atoms with Gasteiger partial charge in [0, 0.05) is 5.69 Å². The van der Waals surface area contributed by atoms with Crippen LogP contribution in [0.15, 0.2) is 12.1 Å². The summed E-state index contributed by atoms with van der Waals surface area (Å²) in [6.07, 6.45) is 1.82. The van der Waals surface area contributed by atoms with Crippen molar-refractivity contribution in [3.63, 3.8) is 0 Å². The Morgan fingerprint density at radius 1 is 1.23 bits per heavy atom. The van der Waals surface area contributed by atoms with E-state index in [1.165, 1.54) is 0 Å². The summed E-state index contributed by atoms with van der Waals surface area (Å²) in [6.45, 7) is 8.58. The highest BCUT2D eigenvalue weighted by Crippen LogP contribution is 2.22. The lowest BCUT2D eigenvalue weighted by atomic mass is 10.0. The molecule has 0 unspecified atom stereocenters. The summed E-state index contributed by atoms with van der Waals surface area (Å²) in [6, 6.07) is 3.15. The molecule has 0 aromatic heterocycles. The highest BCUT2D eigenvalue weighted by Gasteiger charge is 2.19. The van der Waals surface area contributed by atoms with Crippen LogP contribution in [0, 0.1) is 20.8 Å². The number of rotatable bonds is 8. The number of aliphatic carboxylic acids is 1. The molecule has 22 heavy (non-hydrogen) atoms. The minimum Gasteiger partial charge on any atom is -0.544 e. The number of carbonyl (C=O) groups excluding carboxylic acids is 2. The van der Waals surface area contributed by atoms with E-state index in [-0.39, 0.29) is 12.3 Å². The molecule has 0 spiro atoms. The van der Waals surface area contributed by atoms with E-state index in [1.807, 2.05) is 39.8 Å². The number of nitrogens with two attached hydrogens (primary N) is 1. The fourth-order valence-corrected chi connectivity index (χ4v) is 2.55. The molecule has 3 N–H and O–H groups in total. The number of carboxylic acid groups (broad SMARTS) is 1. The van der Waals surface area contributed by atoms with Gasteiger partial charge in [-0.25, -0.2) is 0 Å². The van der Waals surface area contributed by atoms with Crippen molar-refractivity contribution < 1.29 is 20.0 Å². The van der Waals surface area contributed by atoms with Crippen LogP contribution >= 0.6 is 0 Å². The average Bonchev–Trinajstić information content (AvgIpc) is 2.41. The van der Waals surface area contributed by atoms with Crippen molar-refractivity contribution in [2.45, 2.75) is 53.0 Å². The Kier molecular flexibility index (Phi) is 7.05. The van der Waals surface area contributed by atoms with Crippen molar-refractivity contribution in [2.75, 3.05) is 11.9 Å². The van der Waals surface area contributed by atoms with Crippen LogP contribution < -0.4 is 15.7 Å². The molecule has 0 aliphatic heterocycles. The van der Waals surface area contributed by atoms with Crippen molar-refractivity contribution in [1.29, 1.82) is 0 Å². The first-order chi connectivity index (χ1) is 10.3. The molecule has 5 nitrogen and oxygen atoms in total. The van der Waals surface area contributed by atoms with Crippen molar-refractivity contribution in [1.82, 2.24) is 0 Å². The minimum atomic E-state index is -1.19. The third kappa shape index (κ3) is 5.48. The number of unbranched alkanes of at least 4 members (excludes halogenated alkanes) is 1. The summed E-state index contributed by atoms with van der Waals surface area (Å²) in [5.41, 5.74) is 3.85. The van der Waals surface area contributed by atoms with Crippen LogP contribution in [-0.4, -0.2) is 24.5 Å². The van der Waals surface area contributed by atoms with E-state index in [9.17, 15) is 14.7 Å². The van der Waals surface area contributed by atoms with Gasteiger partial charge >= 0.3 is 0 Å². The molecule has 0 aliphatic carbocycles. The van der Waals surface area contributed by atoms with E-state index >= 15 is 0 Å². The van der Waals surface area contributed by atoms with Gasteiger partial charge in [-0.05, 0) is 38.3 Å². The van der Waals surface area contributed by atoms with Crippen LogP contribution in [0.1, 0.15) is 42.9 Å². The maximum Gasteiger partial charge on any atom is 0.230 e. The maximum atomic E-state index is 12.1. The highest BCUT2D eigenvalue weighted by molar-refractivity contribution is 5.94. The molecule has 0 saturated heterocycles. The number of hydrogen-bond acceptors (Lipinski definition) is 3. The first kappa shape index (κ1) is 18.2. The van der Waals surface area contributed by atoms with Crippen LogP contribution in [-0.2, 0) is 9.59 Å². The van der Waals surface area contributed by atoms with Crippen LogP contribution in [0.4, 0.5) is 5.69 Å². The lowest BCUT2D eigenvalue weighted by Crippen LogP contribution is -2.93. The van der Waals surface area contributed by atoms with E-state index in [4.69, 9.17) is 0 Å². The van der Waals surface area contributed by atoms with Crippen molar-refractivity contribution >= 4 is 17.6 Å². The average molecular weight is 306 g/mol. The normalized spacial score (nSPS) is 12.0. The number of carboxylic acids is 1. The maximum absolute atomic E-state index is 12.1. The molecule has 1 aromatic carbocycles. The number of carbonyl (C=O) groups is 2. The molecule has 1 rings (SSSR count). The quantitative estimate of drug-likeness (QED) is 0.683. The fourth-order valence-electron chi connectivity index (χ4n) is 2.55. The Morgan fingerprint density at radius 3 is 2.32 bits per heavy atom. The lowest BCUT2D eigenvalue weighted by Gasteiger charge is -2.18. The number of quaternary nitrogens is 1. The predicted octanol–water partition coefficient (Wildman–Crippen LogP) is 0.422. The molecule has 1 amide bonds. The zero-order valence-electron chi connectivity index (χ0n) is 13.9. The molecule has 0 aliphatic rings. The number of amides is 1. The second-order valence-corrected chi connectivity index (χ2v) is 5.83. The Hall–Kier alpha value is -1.88. The zero-order valence-corrected chi connectivity index (χ0v) is 13.9. The topological polar surface area (TPSA) is 85.8 Å². The van der Waals surface area contributed by atoms with Crippen molar-refractivity contribution in [3.05, 3.63) is 28.8 Å². The smallest absolute Gasteiger partial charge is 0.230 e. The molecule has 1 atom stereocenters. The van der Waals surface area contributed by atoms with Gasteiger partial charge in [0.25, 0.3) is 0 Å². The molecule has 122 valence electrons. The number of anilines is 1. The largest absolute Gasteiger partial charge is 0.544 e. The standard InChI is InChI=1S/C17H26N2O3/c1-5-6-7-18-14(17(21)22)10-15(20)19-16-12(3)8-11(2)9-13(16)4/h8-9,14,18H,5-7,10H2,1-4H3,(H,19,20)(H,21,22)/t14-/m0/s1. The minimum absolute atomic E-state index is 0.0845. The Morgan fingerprint density at radius 2 is 1.82 bits per heavy atom. The molecule has 5 heteroatoms. The Labute approximate surface area is 132 Å². The van der Waals surface area contributed by atoms with E-state index in [0.717, 1.165) is 35.2 Å². The molecular weight excluding hydrogens is 280 g/mol.